The minimum absolute atomic E-state index is 0.0599. The number of nitrogens with two attached hydrogens (primary N) is 3. The average molecular weight is 399 g/mol. The van der Waals surface area contributed by atoms with E-state index >= 15 is 0 Å². The predicted octanol–water partition coefficient (Wildman–Crippen LogP) is 2.58. The first-order valence-corrected chi connectivity index (χ1v) is 9.35. The highest BCUT2D eigenvalue weighted by Gasteiger charge is 2.32. The van der Waals surface area contributed by atoms with E-state index in [4.69, 9.17) is 17.2 Å². The van der Waals surface area contributed by atoms with Crippen LogP contribution >= 0.6 is 0 Å². The number of rotatable bonds is 5. The molecule has 150 valence electrons. The van der Waals surface area contributed by atoms with E-state index in [1.165, 1.54) is 4.90 Å². The van der Waals surface area contributed by atoms with Crippen LogP contribution in [0.25, 0.3) is 22.3 Å². The zero-order valence-corrected chi connectivity index (χ0v) is 16.3. The molecule has 0 bridgehead atoms. The van der Waals surface area contributed by atoms with Crippen molar-refractivity contribution in [3.63, 3.8) is 0 Å². The first-order chi connectivity index (χ1) is 14.4. The molecule has 2 aromatic carbocycles. The number of pyridine rings is 1. The largest absolute Gasteiger partial charge is 0.398 e. The summed E-state index contributed by atoms with van der Waals surface area (Å²) in [5, 5.41) is 0. The number of aromatic nitrogens is 1. The third kappa shape index (κ3) is 3.26. The maximum atomic E-state index is 12.9. The fourth-order valence-corrected chi connectivity index (χ4v) is 3.71. The van der Waals surface area contributed by atoms with Crippen molar-refractivity contribution in [3.05, 3.63) is 78.1 Å². The molecule has 0 unspecified atom stereocenters. The standard InChI is InChI=1S/C23H21N5O2/c1-13(22(26)29)11-28-12-18-16(5-7-20(25)21(18)23(28)30)14-4-6-19(24)17(9-14)15-3-2-8-27-10-15/h2-10H,1,11-12,24-25H2,(H2,26,29). The second-order valence-electron chi connectivity index (χ2n) is 7.23. The van der Waals surface area contributed by atoms with Crippen molar-refractivity contribution in [2.24, 2.45) is 5.73 Å². The Labute approximate surface area is 173 Å². The summed E-state index contributed by atoms with van der Waals surface area (Å²) in [6.07, 6.45) is 3.46. The van der Waals surface area contributed by atoms with Gasteiger partial charge in [-0.2, -0.15) is 0 Å². The Balaban J connectivity index is 1.78. The van der Waals surface area contributed by atoms with Gasteiger partial charge in [0, 0.05) is 47.0 Å². The molecular formula is C23H21N5O2. The van der Waals surface area contributed by atoms with Gasteiger partial charge in [-0.15, -0.1) is 0 Å². The molecule has 0 saturated carbocycles. The predicted molar refractivity (Wildman–Crippen MR) is 117 cm³/mol. The molecular weight excluding hydrogens is 378 g/mol. The maximum absolute atomic E-state index is 12.9. The number of carbonyl (C=O) groups excluding carboxylic acids is 2. The van der Waals surface area contributed by atoms with Crippen LogP contribution in [0.3, 0.4) is 0 Å². The van der Waals surface area contributed by atoms with Crippen molar-refractivity contribution in [2.45, 2.75) is 6.54 Å². The van der Waals surface area contributed by atoms with E-state index in [0.29, 0.717) is 23.5 Å². The summed E-state index contributed by atoms with van der Waals surface area (Å²) in [7, 11) is 0. The van der Waals surface area contributed by atoms with Gasteiger partial charge >= 0.3 is 0 Å². The van der Waals surface area contributed by atoms with E-state index in [1.807, 2.05) is 36.4 Å². The second kappa shape index (κ2) is 7.36. The van der Waals surface area contributed by atoms with E-state index < -0.39 is 5.91 Å². The van der Waals surface area contributed by atoms with Gasteiger partial charge in [0.05, 0.1) is 12.1 Å². The Kier molecular flexibility index (Phi) is 4.71. The van der Waals surface area contributed by atoms with E-state index in [1.54, 1.807) is 18.5 Å². The summed E-state index contributed by atoms with van der Waals surface area (Å²) in [4.78, 5) is 30.0. The Bertz CT molecular complexity index is 1190. The van der Waals surface area contributed by atoms with Crippen LogP contribution in [0.4, 0.5) is 11.4 Å². The highest BCUT2D eigenvalue weighted by Crippen LogP contribution is 2.38. The number of hydrogen-bond acceptors (Lipinski definition) is 5. The highest BCUT2D eigenvalue weighted by molar-refractivity contribution is 6.06. The Morgan fingerprint density at radius 3 is 2.53 bits per heavy atom. The van der Waals surface area contributed by atoms with E-state index in [9.17, 15) is 9.59 Å². The van der Waals surface area contributed by atoms with Crippen LogP contribution in [0.1, 0.15) is 15.9 Å². The highest BCUT2D eigenvalue weighted by atomic mass is 16.2. The SMILES string of the molecule is C=C(CN1Cc2c(-c3ccc(N)c(-c4cccnc4)c3)ccc(N)c2C1=O)C(N)=O. The first-order valence-electron chi connectivity index (χ1n) is 9.35. The van der Waals surface area contributed by atoms with Gasteiger partial charge in [-0.25, -0.2) is 0 Å². The van der Waals surface area contributed by atoms with Crippen molar-refractivity contribution < 1.29 is 9.59 Å². The fourth-order valence-electron chi connectivity index (χ4n) is 3.71. The number of nitrogen functional groups attached to an aromatic ring is 2. The van der Waals surface area contributed by atoms with Gasteiger partial charge in [0.25, 0.3) is 5.91 Å². The minimum Gasteiger partial charge on any atom is -0.398 e. The van der Waals surface area contributed by atoms with Crippen LogP contribution in [0, 0.1) is 0 Å². The summed E-state index contributed by atoms with van der Waals surface area (Å²) in [6, 6.07) is 13.1. The Morgan fingerprint density at radius 2 is 1.83 bits per heavy atom. The number of nitrogens with zero attached hydrogens (tertiary/aromatic N) is 2. The zero-order chi connectivity index (χ0) is 21.4. The topological polar surface area (TPSA) is 128 Å². The molecule has 3 aromatic rings. The molecule has 0 aliphatic carbocycles. The molecule has 1 aliphatic heterocycles. The summed E-state index contributed by atoms with van der Waals surface area (Å²) >= 11 is 0. The number of primary amides is 1. The average Bonchev–Trinajstić information content (AvgIpc) is 3.06. The van der Waals surface area contributed by atoms with Crippen LogP contribution in [-0.2, 0) is 11.3 Å². The summed E-state index contributed by atoms with van der Waals surface area (Å²) < 4.78 is 0. The summed E-state index contributed by atoms with van der Waals surface area (Å²) in [6.45, 7) is 4.03. The van der Waals surface area contributed by atoms with Crippen molar-refractivity contribution >= 4 is 23.2 Å². The molecule has 6 N–H and O–H groups in total. The molecule has 0 atom stereocenters. The molecule has 1 aromatic heterocycles. The minimum atomic E-state index is -0.633. The second-order valence-corrected chi connectivity index (χ2v) is 7.23. The van der Waals surface area contributed by atoms with E-state index in [0.717, 1.165) is 27.8 Å². The molecule has 0 spiro atoms. The van der Waals surface area contributed by atoms with Gasteiger partial charge in [0.2, 0.25) is 5.91 Å². The molecule has 30 heavy (non-hydrogen) atoms. The van der Waals surface area contributed by atoms with Crippen molar-refractivity contribution in [3.8, 4) is 22.3 Å². The number of amides is 2. The van der Waals surface area contributed by atoms with E-state index in [2.05, 4.69) is 11.6 Å². The smallest absolute Gasteiger partial charge is 0.256 e. The lowest BCUT2D eigenvalue weighted by molar-refractivity contribution is -0.114. The van der Waals surface area contributed by atoms with Gasteiger partial charge in [-0.05, 0) is 41.0 Å². The normalized spacial score (nSPS) is 12.7. The van der Waals surface area contributed by atoms with Crippen molar-refractivity contribution in [2.75, 3.05) is 18.0 Å². The van der Waals surface area contributed by atoms with Crippen LogP contribution in [0.15, 0.2) is 67.0 Å². The van der Waals surface area contributed by atoms with Crippen LogP contribution in [0.2, 0.25) is 0 Å². The van der Waals surface area contributed by atoms with Crippen molar-refractivity contribution in [1.29, 1.82) is 0 Å². The van der Waals surface area contributed by atoms with Gasteiger partial charge in [0.15, 0.2) is 0 Å². The molecule has 7 nitrogen and oxygen atoms in total. The van der Waals surface area contributed by atoms with Crippen LogP contribution in [-0.4, -0.2) is 28.2 Å². The molecule has 0 radical (unpaired) electrons. The fraction of sp³-hybridized carbons (Fsp3) is 0.0870. The molecule has 0 fully saturated rings. The van der Waals surface area contributed by atoms with E-state index in [-0.39, 0.29) is 18.0 Å². The van der Waals surface area contributed by atoms with Gasteiger partial charge in [0.1, 0.15) is 0 Å². The molecule has 2 heterocycles. The lowest BCUT2D eigenvalue weighted by Crippen LogP contribution is -2.30. The van der Waals surface area contributed by atoms with Gasteiger partial charge in [-0.3, -0.25) is 14.6 Å². The third-order valence-corrected chi connectivity index (χ3v) is 5.26. The number of benzene rings is 2. The van der Waals surface area contributed by atoms with Gasteiger partial charge < -0.3 is 22.1 Å². The number of hydrogen-bond donors (Lipinski definition) is 3. The molecule has 2 amide bonds. The number of fused-ring (bicyclic) bond motifs is 1. The maximum Gasteiger partial charge on any atom is 0.256 e. The third-order valence-electron chi connectivity index (χ3n) is 5.26. The summed E-state index contributed by atoms with van der Waals surface area (Å²) in [5.41, 5.74) is 23.6. The van der Waals surface area contributed by atoms with Crippen LogP contribution in [0.5, 0.6) is 0 Å². The quantitative estimate of drug-likeness (QED) is 0.449. The lowest BCUT2D eigenvalue weighted by atomic mass is 9.93. The lowest BCUT2D eigenvalue weighted by Gasteiger charge is -2.16. The Hall–Kier alpha value is -4.13. The number of carbonyl (C=O) groups is 2. The zero-order valence-electron chi connectivity index (χ0n) is 16.3. The summed E-state index contributed by atoms with van der Waals surface area (Å²) in [5.74, 6) is -0.874. The monoisotopic (exact) mass is 399 g/mol. The molecule has 0 saturated heterocycles. The molecule has 1 aliphatic rings. The molecule has 4 rings (SSSR count). The van der Waals surface area contributed by atoms with Gasteiger partial charge in [-0.1, -0.05) is 24.8 Å². The van der Waals surface area contributed by atoms with Crippen molar-refractivity contribution in [1.82, 2.24) is 9.88 Å². The Morgan fingerprint density at radius 1 is 1.07 bits per heavy atom. The first kappa shape index (κ1) is 19.2. The molecule has 7 heteroatoms. The van der Waals surface area contributed by atoms with Crippen LogP contribution < -0.4 is 17.2 Å². The number of anilines is 2.